The number of aryl methyl sites for hydroxylation is 2. The lowest BCUT2D eigenvalue weighted by Crippen LogP contribution is -2.16. The number of amides is 1. The van der Waals surface area contributed by atoms with Crippen LogP contribution in [0.4, 0.5) is 18.9 Å². The van der Waals surface area contributed by atoms with Crippen molar-refractivity contribution in [3.8, 4) is 0 Å². The van der Waals surface area contributed by atoms with Gasteiger partial charge in [-0.2, -0.15) is 23.4 Å². The van der Waals surface area contributed by atoms with Gasteiger partial charge in [0.25, 0.3) is 0 Å². The van der Waals surface area contributed by atoms with Gasteiger partial charge >= 0.3 is 6.18 Å². The van der Waals surface area contributed by atoms with Gasteiger partial charge in [0.15, 0.2) is 5.69 Å². The first-order chi connectivity index (χ1) is 14.7. The van der Waals surface area contributed by atoms with Crippen LogP contribution < -0.4 is 5.32 Å². The topological polar surface area (TPSA) is 64.7 Å². The van der Waals surface area contributed by atoms with Crippen molar-refractivity contribution in [1.82, 2.24) is 19.6 Å². The standard InChI is InChI=1S/C21H21BrF3N5O/c1-13-4-2-3-5-15(13)11-29-12-16(10-26-29)27-17(31)8-9-30-19(14-6-7-14)18(22)20(28-30)21(23,24)25/h2-5,10,12,14H,6-9,11H2,1H3,(H,27,31). The molecule has 10 heteroatoms. The fourth-order valence-electron chi connectivity index (χ4n) is 3.46. The Morgan fingerprint density at radius 1 is 1.29 bits per heavy atom. The maximum atomic E-state index is 13.2. The maximum absolute atomic E-state index is 13.2. The molecule has 31 heavy (non-hydrogen) atoms. The SMILES string of the molecule is Cc1ccccc1Cn1cc(NC(=O)CCn2nc(C(F)(F)F)c(Br)c2C2CC2)cn1. The van der Waals surface area contributed by atoms with Crippen molar-refractivity contribution < 1.29 is 18.0 Å². The van der Waals surface area contributed by atoms with Crippen molar-refractivity contribution in [1.29, 1.82) is 0 Å². The van der Waals surface area contributed by atoms with Crippen LogP contribution in [0.25, 0.3) is 0 Å². The fraction of sp³-hybridized carbons (Fsp3) is 0.381. The summed E-state index contributed by atoms with van der Waals surface area (Å²) in [5.41, 5.74) is 2.40. The molecule has 0 atom stereocenters. The maximum Gasteiger partial charge on any atom is 0.436 e. The van der Waals surface area contributed by atoms with Crippen LogP contribution in [0.5, 0.6) is 0 Å². The zero-order valence-corrected chi connectivity index (χ0v) is 18.4. The Morgan fingerprint density at radius 2 is 2.03 bits per heavy atom. The van der Waals surface area contributed by atoms with Gasteiger partial charge in [-0.1, -0.05) is 24.3 Å². The van der Waals surface area contributed by atoms with Gasteiger partial charge in [-0.25, -0.2) is 0 Å². The lowest BCUT2D eigenvalue weighted by atomic mass is 10.1. The zero-order chi connectivity index (χ0) is 22.2. The molecule has 0 unspecified atom stereocenters. The first kappa shape index (κ1) is 21.6. The van der Waals surface area contributed by atoms with Gasteiger partial charge in [0.1, 0.15) is 0 Å². The van der Waals surface area contributed by atoms with Crippen LogP contribution in [-0.2, 0) is 24.1 Å². The third-order valence-electron chi connectivity index (χ3n) is 5.23. The lowest BCUT2D eigenvalue weighted by Gasteiger charge is -2.07. The minimum absolute atomic E-state index is 0.00805. The second-order valence-corrected chi connectivity index (χ2v) is 8.49. The van der Waals surface area contributed by atoms with E-state index in [9.17, 15) is 18.0 Å². The molecule has 0 saturated heterocycles. The van der Waals surface area contributed by atoms with E-state index in [1.807, 2.05) is 31.2 Å². The number of carbonyl (C=O) groups excluding carboxylic acids is 1. The van der Waals surface area contributed by atoms with Crippen LogP contribution in [0.3, 0.4) is 0 Å². The predicted molar refractivity (Wildman–Crippen MR) is 113 cm³/mol. The average molecular weight is 496 g/mol. The molecule has 1 aliphatic rings. The van der Waals surface area contributed by atoms with Crippen LogP contribution in [0.15, 0.2) is 41.1 Å². The monoisotopic (exact) mass is 495 g/mol. The molecule has 0 radical (unpaired) electrons. The number of carbonyl (C=O) groups is 1. The summed E-state index contributed by atoms with van der Waals surface area (Å²) in [6.07, 6.45) is 0.405. The number of rotatable bonds is 7. The van der Waals surface area contributed by atoms with Gasteiger partial charge < -0.3 is 5.32 Å². The van der Waals surface area contributed by atoms with E-state index >= 15 is 0 Å². The van der Waals surface area contributed by atoms with E-state index in [4.69, 9.17) is 0 Å². The number of aromatic nitrogens is 4. The zero-order valence-electron chi connectivity index (χ0n) is 16.8. The van der Waals surface area contributed by atoms with Crippen molar-refractivity contribution in [3.05, 3.63) is 63.6 Å². The molecule has 2 aromatic heterocycles. The van der Waals surface area contributed by atoms with Crippen LogP contribution in [-0.4, -0.2) is 25.5 Å². The smallest absolute Gasteiger partial charge is 0.323 e. The summed E-state index contributed by atoms with van der Waals surface area (Å²) in [7, 11) is 0. The fourth-order valence-corrected chi connectivity index (χ4v) is 4.29. The molecular formula is C21H21BrF3N5O. The van der Waals surface area contributed by atoms with Gasteiger partial charge in [-0.15, -0.1) is 0 Å². The second kappa shape index (κ2) is 8.49. The Labute approximate surface area is 185 Å². The minimum Gasteiger partial charge on any atom is -0.323 e. The number of hydrogen-bond donors (Lipinski definition) is 1. The average Bonchev–Trinajstić information content (AvgIpc) is 3.34. The van der Waals surface area contributed by atoms with Crippen LogP contribution >= 0.6 is 15.9 Å². The lowest BCUT2D eigenvalue weighted by molar-refractivity contribution is -0.142. The van der Waals surface area contributed by atoms with Gasteiger partial charge in [-0.3, -0.25) is 14.2 Å². The summed E-state index contributed by atoms with van der Waals surface area (Å²) in [6, 6.07) is 7.97. The van der Waals surface area contributed by atoms with E-state index in [0.29, 0.717) is 17.9 Å². The number of nitrogens with zero attached hydrogens (tertiary/aromatic N) is 4. The molecule has 1 aliphatic carbocycles. The molecule has 3 aromatic rings. The normalized spacial score (nSPS) is 14.1. The number of halogens is 4. The number of alkyl halides is 3. The number of hydrogen-bond acceptors (Lipinski definition) is 3. The Morgan fingerprint density at radius 3 is 2.71 bits per heavy atom. The molecule has 1 fully saturated rings. The molecule has 1 amide bonds. The Balaban J connectivity index is 1.38. The summed E-state index contributed by atoms with van der Waals surface area (Å²) in [5, 5.41) is 10.7. The summed E-state index contributed by atoms with van der Waals surface area (Å²) in [5.74, 6) is -0.252. The molecule has 6 nitrogen and oxygen atoms in total. The van der Waals surface area contributed by atoms with Gasteiger partial charge in [0.05, 0.1) is 35.1 Å². The first-order valence-corrected chi connectivity index (χ1v) is 10.7. The highest BCUT2D eigenvalue weighted by Crippen LogP contribution is 2.47. The van der Waals surface area contributed by atoms with E-state index < -0.39 is 11.9 Å². The van der Waals surface area contributed by atoms with E-state index in [1.54, 1.807) is 17.1 Å². The minimum atomic E-state index is -4.54. The predicted octanol–water partition coefficient (Wildman–Crippen LogP) is 5.12. The van der Waals surface area contributed by atoms with Crippen molar-refractivity contribution >= 4 is 27.5 Å². The van der Waals surface area contributed by atoms with Crippen LogP contribution in [0.2, 0.25) is 0 Å². The number of benzene rings is 1. The van der Waals surface area contributed by atoms with Gasteiger partial charge in [0, 0.05) is 18.5 Å². The Hall–Kier alpha value is -2.62. The first-order valence-electron chi connectivity index (χ1n) is 9.92. The molecule has 4 rings (SSSR count). The molecule has 164 valence electrons. The highest BCUT2D eigenvalue weighted by Gasteiger charge is 2.41. The molecule has 1 aromatic carbocycles. The molecule has 1 saturated carbocycles. The number of anilines is 1. The quantitative estimate of drug-likeness (QED) is 0.494. The summed E-state index contributed by atoms with van der Waals surface area (Å²) in [4.78, 5) is 12.4. The molecule has 0 spiro atoms. The highest BCUT2D eigenvalue weighted by molar-refractivity contribution is 9.10. The summed E-state index contributed by atoms with van der Waals surface area (Å²) >= 11 is 3.06. The largest absolute Gasteiger partial charge is 0.436 e. The highest BCUT2D eigenvalue weighted by atomic mass is 79.9. The van der Waals surface area contributed by atoms with Crippen molar-refractivity contribution in [3.63, 3.8) is 0 Å². The third kappa shape index (κ3) is 5.00. The van der Waals surface area contributed by atoms with E-state index in [2.05, 4.69) is 31.4 Å². The van der Waals surface area contributed by atoms with Gasteiger partial charge in [-0.05, 0) is 46.8 Å². The number of nitrogens with one attached hydrogen (secondary N) is 1. The second-order valence-electron chi connectivity index (χ2n) is 7.69. The molecule has 0 aliphatic heterocycles. The van der Waals surface area contributed by atoms with E-state index in [0.717, 1.165) is 24.0 Å². The molecule has 1 N–H and O–H groups in total. The summed E-state index contributed by atoms with van der Waals surface area (Å²) < 4.78 is 42.6. The van der Waals surface area contributed by atoms with E-state index in [-0.39, 0.29) is 29.3 Å². The van der Waals surface area contributed by atoms with Crippen molar-refractivity contribution in [2.24, 2.45) is 0 Å². The third-order valence-corrected chi connectivity index (χ3v) is 6.01. The molecular weight excluding hydrogens is 475 g/mol. The Bertz CT molecular complexity index is 1100. The van der Waals surface area contributed by atoms with Crippen LogP contribution in [0, 0.1) is 6.92 Å². The molecule has 0 bridgehead atoms. The van der Waals surface area contributed by atoms with E-state index in [1.165, 1.54) is 4.68 Å². The molecule has 2 heterocycles. The van der Waals surface area contributed by atoms with Crippen LogP contribution in [0.1, 0.15) is 47.7 Å². The van der Waals surface area contributed by atoms with Crippen molar-refractivity contribution in [2.45, 2.75) is 51.4 Å². The summed E-state index contributed by atoms with van der Waals surface area (Å²) in [6.45, 7) is 2.67. The van der Waals surface area contributed by atoms with Crippen molar-refractivity contribution in [2.75, 3.05) is 5.32 Å². The van der Waals surface area contributed by atoms with Gasteiger partial charge in [0.2, 0.25) is 5.91 Å². The Kier molecular flexibility index (Phi) is 5.92.